The van der Waals surface area contributed by atoms with Gasteiger partial charge in [0.15, 0.2) is 0 Å². The van der Waals surface area contributed by atoms with Crippen LogP contribution in [0.3, 0.4) is 0 Å². The highest BCUT2D eigenvalue weighted by molar-refractivity contribution is 5.94. The van der Waals surface area contributed by atoms with E-state index in [-0.39, 0.29) is 23.4 Å². The van der Waals surface area contributed by atoms with Crippen LogP contribution in [-0.2, 0) is 4.79 Å². The van der Waals surface area contributed by atoms with Gasteiger partial charge in [-0.25, -0.2) is 4.39 Å². The van der Waals surface area contributed by atoms with Gasteiger partial charge in [-0.15, -0.1) is 0 Å². The molecule has 0 N–H and O–H groups in total. The Hall–Kier alpha value is -2.73. The summed E-state index contributed by atoms with van der Waals surface area (Å²) in [5, 5.41) is 0. The lowest BCUT2D eigenvalue weighted by Crippen LogP contribution is -2.53. The smallest absolute Gasteiger partial charge is 0.256 e. The first kappa shape index (κ1) is 21.0. The average molecular weight is 397 g/mol. The van der Waals surface area contributed by atoms with Gasteiger partial charge in [-0.05, 0) is 31.5 Å². The molecule has 0 aliphatic carbocycles. The predicted molar refractivity (Wildman–Crippen MR) is 111 cm³/mol. The summed E-state index contributed by atoms with van der Waals surface area (Å²) >= 11 is 0. The number of amides is 2. The summed E-state index contributed by atoms with van der Waals surface area (Å²) in [7, 11) is 0. The molecule has 3 rings (SSSR count). The number of nitrogens with zero attached hydrogens (tertiary/aromatic N) is 3. The van der Waals surface area contributed by atoms with Crippen molar-refractivity contribution in [3.63, 3.8) is 0 Å². The molecule has 154 valence electrons. The summed E-state index contributed by atoms with van der Waals surface area (Å²) in [6.45, 7) is 7.32. The van der Waals surface area contributed by atoms with Gasteiger partial charge in [0, 0.05) is 39.3 Å². The molecule has 2 aromatic carbocycles. The van der Waals surface area contributed by atoms with E-state index in [1.165, 1.54) is 12.1 Å². The molecule has 1 saturated heterocycles. The molecular weight excluding hydrogens is 369 g/mol. The minimum Gasteiger partial charge on any atom is -0.342 e. The van der Waals surface area contributed by atoms with Crippen molar-refractivity contribution >= 4 is 11.8 Å². The molecule has 1 aliphatic rings. The Kier molecular flexibility index (Phi) is 6.99. The largest absolute Gasteiger partial charge is 0.342 e. The molecule has 1 heterocycles. The fourth-order valence-corrected chi connectivity index (χ4v) is 3.84. The maximum Gasteiger partial charge on any atom is 0.256 e. The van der Waals surface area contributed by atoms with Crippen molar-refractivity contribution in [1.82, 2.24) is 14.7 Å². The van der Waals surface area contributed by atoms with Gasteiger partial charge in [-0.1, -0.05) is 42.5 Å². The van der Waals surface area contributed by atoms with Crippen molar-refractivity contribution in [2.24, 2.45) is 0 Å². The quantitative estimate of drug-likeness (QED) is 0.752. The van der Waals surface area contributed by atoms with Crippen LogP contribution in [-0.4, -0.2) is 65.8 Å². The third-order valence-corrected chi connectivity index (χ3v) is 5.50. The van der Waals surface area contributed by atoms with E-state index < -0.39 is 5.82 Å². The van der Waals surface area contributed by atoms with Gasteiger partial charge >= 0.3 is 0 Å². The summed E-state index contributed by atoms with van der Waals surface area (Å²) in [6, 6.07) is 15.5. The lowest BCUT2D eigenvalue weighted by molar-refractivity contribution is -0.137. The van der Waals surface area contributed by atoms with Crippen LogP contribution in [0.1, 0.15) is 35.8 Å². The van der Waals surface area contributed by atoms with Crippen LogP contribution < -0.4 is 0 Å². The van der Waals surface area contributed by atoms with Crippen LogP contribution in [0.15, 0.2) is 54.6 Å². The van der Waals surface area contributed by atoms with E-state index in [9.17, 15) is 14.0 Å². The summed E-state index contributed by atoms with van der Waals surface area (Å²) in [4.78, 5) is 31.6. The van der Waals surface area contributed by atoms with E-state index in [0.717, 1.165) is 5.56 Å². The second-order valence-corrected chi connectivity index (χ2v) is 7.13. The number of carbonyl (C=O) groups is 2. The molecule has 1 atom stereocenters. The summed E-state index contributed by atoms with van der Waals surface area (Å²) in [5.74, 6) is -0.719. The molecular formula is C23H28FN3O2. The predicted octanol–water partition coefficient (Wildman–Crippen LogP) is 3.19. The summed E-state index contributed by atoms with van der Waals surface area (Å²) in [5.41, 5.74) is 1.05. The number of benzene rings is 2. The van der Waals surface area contributed by atoms with E-state index in [0.29, 0.717) is 39.3 Å². The number of piperazine rings is 1. The SMILES string of the molecule is CCN(CC)C(=O)C(c1ccccc1)N1CCN(C(=O)c2ccccc2F)CC1. The zero-order chi connectivity index (χ0) is 20.8. The molecule has 2 amide bonds. The van der Waals surface area contributed by atoms with Crippen LogP contribution in [0, 0.1) is 5.82 Å². The van der Waals surface area contributed by atoms with Gasteiger partial charge < -0.3 is 9.80 Å². The second kappa shape index (κ2) is 9.65. The molecule has 0 saturated carbocycles. The number of rotatable bonds is 6. The Bertz CT molecular complexity index is 831. The average Bonchev–Trinajstić information content (AvgIpc) is 2.76. The van der Waals surface area contributed by atoms with Gasteiger partial charge in [-0.2, -0.15) is 0 Å². The molecule has 5 nitrogen and oxygen atoms in total. The normalized spacial score (nSPS) is 15.8. The topological polar surface area (TPSA) is 43.9 Å². The van der Waals surface area contributed by atoms with Crippen molar-refractivity contribution in [3.05, 3.63) is 71.5 Å². The van der Waals surface area contributed by atoms with Crippen molar-refractivity contribution in [2.75, 3.05) is 39.3 Å². The van der Waals surface area contributed by atoms with Crippen molar-refractivity contribution < 1.29 is 14.0 Å². The van der Waals surface area contributed by atoms with Crippen molar-refractivity contribution in [2.45, 2.75) is 19.9 Å². The van der Waals surface area contributed by atoms with Crippen molar-refractivity contribution in [3.8, 4) is 0 Å². The van der Waals surface area contributed by atoms with E-state index >= 15 is 0 Å². The molecule has 1 unspecified atom stereocenters. The molecule has 2 aromatic rings. The monoisotopic (exact) mass is 397 g/mol. The van der Waals surface area contributed by atoms with Gasteiger partial charge in [0.2, 0.25) is 5.91 Å². The first-order valence-electron chi connectivity index (χ1n) is 10.2. The Morgan fingerprint density at radius 3 is 2.10 bits per heavy atom. The fourth-order valence-electron chi connectivity index (χ4n) is 3.84. The molecule has 0 aromatic heterocycles. The van der Waals surface area contributed by atoms with Crippen LogP contribution in [0.4, 0.5) is 4.39 Å². The summed E-state index contributed by atoms with van der Waals surface area (Å²) < 4.78 is 14.0. The fraction of sp³-hybridized carbons (Fsp3) is 0.391. The van der Waals surface area contributed by atoms with Gasteiger partial charge in [0.05, 0.1) is 5.56 Å². The van der Waals surface area contributed by atoms with Gasteiger partial charge in [-0.3, -0.25) is 14.5 Å². The molecule has 0 spiro atoms. The maximum atomic E-state index is 14.0. The first-order chi connectivity index (χ1) is 14.1. The number of likely N-dealkylation sites (N-methyl/N-ethyl adjacent to an activating group) is 1. The molecule has 0 bridgehead atoms. The number of hydrogen-bond acceptors (Lipinski definition) is 3. The Labute approximate surface area is 171 Å². The lowest BCUT2D eigenvalue weighted by Gasteiger charge is -2.40. The Balaban J connectivity index is 1.76. The van der Waals surface area contributed by atoms with E-state index in [1.54, 1.807) is 17.0 Å². The highest BCUT2D eigenvalue weighted by atomic mass is 19.1. The molecule has 6 heteroatoms. The lowest BCUT2D eigenvalue weighted by atomic mass is 10.0. The zero-order valence-electron chi connectivity index (χ0n) is 17.1. The van der Waals surface area contributed by atoms with E-state index in [2.05, 4.69) is 4.90 Å². The minimum absolute atomic E-state index is 0.0788. The Morgan fingerprint density at radius 1 is 0.931 bits per heavy atom. The van der Waals surface area contributed by atoms with Crippen LogP contribution in [0.25, 0.3) is 0 Å². The Morgan fingerprint density at radius 2 is 1.52 bits per heavy atom. The highest BCUT2D eigenvalue weighted by Gasteiger charge is 2.33. The van der Waals surface area contributed by atoms with Crippen LogP contribution in [0.2, 0.25) is 0 Å². The zero-order valence-corrected chi connectivity index (χ0v) is 17.1. The second-order valence-electron chi connectivity index (χ2n) is 7.13. The van der Waals surface area contributed by atoms with Crippen LogP contribution in [0.5, 0.6) is 0 Å². The van der Waals surface area contributed by atoms with Gasteiger partial charge in [0.25, 0.3) is 5.91 Å². The number of halogens is 1. The van der Waals surface area contributed by atoms with E-state index in [1.807, 2.05) is 49.1 Å². The molecule has 0 radical (unpaired) electrons. The molecule has 1 aliphatic heterocycles. The van der Waals surface area contributed by atoms with Crippen molar-refractivity contribution in [1.29, 1.82) is 0 Å². The maximum absolute atomic E-state index is 14.0. The molecule has 1 fully saturated rings. The standard InChI is InChI=1S/C23H28FN3O2/c1-3-25(4-2)23(29)21(18-10-6-5-7-11-18)26-14-16-27(17-15-26)22(28)19-12-8-9-13-20(19)24/h5-13,21H,3-4,14-17H2,1-2H3. The number of hydrogen-bond donors (Lipinski definition) is 0. The molecule has 29 heavy (non-hydrogen) atoms. The minimum atomic E-state index is -0.501. The third-order valence-electron chi connectivity index (χ3n) is 5.50. The summed E-state index contributed by atoms with van der Waals surface area (Å²) in [6.07, 6.45) is 0. The highest BCUT2D eigenvalue weighted by Crippen LogP contribution is 2.25. The van der Waals surface area contributed by atoms with Crippen LogP contribution >= 0.6 is 0 Å². The van der Waals surface area contributed by atoms with Gasteiger partial charge in [0.1, 0.15) is 11.9 Å². The first-order valence-corrected chi connectivity index (χ1v) is 10.2. The van der Waals surface area contributed by atoms with E-state index in [4.69, 9.17) is 0 Å². The number of carbonyl (C=O) groups excluding carboxylic acids is 2. The third kappa shape index (κ3) is 4.65.